The number of ether oxygens (including phenoxy) is 1. The Kier molecular flexibility index (Phi) is 5.19. The lowest BCUT2D eigenvalue weighted by Crippen LogP contribution is -2.30. The molecule has 0 aromatic heterocycles. The quantitative estimate of drug-likeness (QED) is 0.880. The lowest BCUT2D eigenvalue weighted by atomic mass is 10.1. The highest BCUT2D eigenvalue weighted by atomic mass is 35.5. The van der Waals surface area contributed by atoms with Crippen molar-refractivity contribution in [1.29, 1.82) is 0 Å². The van der Waals surface area contributed by atoms with Gasteiger partial charge in [-0.1, -0.05) is 29.8 Å². The molecule has 2 aromatic carbocycles. The van der Waals surface area contributed by atoms with Crippen molar-refractivity contribution in [3.63, 3.8) is 0 Å². The van der Waals surface area contributed by atoms with Crippen molar-refractivity contribution >= 4 is 17.5 Å². The summed E-state index contributed by atoms with van der Waals surface area (Å²) in [5.41, 5.74) is 3.91. The van der Waals surface area contributed by atoms with Crippen LogP contribution in [-0.4, -0.2) is 19.1 Å². The van der Waals surface area contributed by atoms with Crippen LogP contribution in [0.15, 0.2) is 42.5 Å². The van der Waals surface area contributed by atoms with Gasteiger partial charge >= 0.3 is 0 Å². The minimum absolute atomic E-state index is 0.0550. The summed E-state index contributed by atoms with van der Waals surface area (Å²) in [5, 5.41) is 3.59. The van der Waals surface area contributed by atoms with E-state index in [1.54, 1.807) is 0 Å². The van der Waals surface area contributed by atoms with Crippen molar-refractivity contribution in [2.75, 3.05) is 13.2 Å². The van der Waals surface area contributed by atoms with Gasteiger partial charge in [0.2, 0.25) is 0 Å². The Morgan fingerprint density at radius 1 is 1.09 bits per heavy atom. The first kappa shape index (κ1) is 15.9. The minimum Gasteiger partial charge on any atom is -0.484 e. The molecule has 1 aliphatic carbocycles. The van der Waals surface area contributed by atoms with Crippen LogP contribution in [0.4, 0.5) is 0 Å². The topological polar surface area (TPSA) is 38.3 Å². The predicted octanol–water partition coefficient (Wildman–Crippen LogP) is 3.57. The van der Waals surface area contributed by atoms with Gasteiger partial charge in [-0.15, -0.1) is 0 Å². The number of benzene rings is 2. The number of nitrogens with one attached hydrogen (secondary N) is 1. The highest BCUT2D eigenvalue weighted by Crippen LogP contribution is 2.25. The highest BCUT2D eigenvalue weighted by Gasteiger charge is 2.11. The Morgan fingerprint density at radius 3 is 2.70 bits per heavy atom. The molecule has 0 saturated carbocycles. The maximum Gasteiger partial charge on any atom is 0.257 e. The summed E-state index contributed by atoms with van der Waals surface area (Å²) in [6, 6.07) is 13.8. The largest absolute Gasteiger partial charge is 0.484 e. The molecule has 2 aromatic rings. The summed E-state index contributed by atoms with van der Waals surface area (Å²) >= 11 is 5.84. The first-order valence-electron chi connectivity index (χ1n) is 7.96. The van der Waals surface area contributed by atoms with Crippen molar-refractivity contribution in [3.8, 4) is 5.75 Å². The molecular formula is C19H20ClNO2. The first-order valence-corrected chi connectivity index (χ1v) is 8.34. The number of amides is 1. The van der Waals surface area contributed by atoms with Crippen LogP contribution in [0, 0.1) is 0 Å². The third-order valence-electron chi connectivity index (χ3n) is 4.09. The van der Waals surface area contributed by atoms with Gasteiger partial charge in [-0.25, -0.2) is 0 Å². The molecule has 0 unspecified atom stereocenters. The molecule has 1 N–H and O–H groups in total. The lowest BCUT2D eigenvalue weighted by Gasteiger charge is -2.09. The van der Waals surface area contributed by atoms with Gasteiger partial charge in [0, 0.05) is 11.6 Å². The molecule has 4 heteroatoms. The third-order valence-corrected chi connectivity index (χ3v) is 4.34. The predicted molar refractivity (Wildman–Crippen MR) is 92.1 cm³/mol. The van der Waals surface area contributed by atoms with Crippen LogP contribution in [-0.2, 0) is 24.1 Å². The summed E-state index contributed by atoms with van der Waals surface area (Å²) in [6.07, 6.45) is 4.26. The molecule has 0 aliphatic heterocycles. The number of carbonyl (C=O) groups excluding carboxylic acids is 1. The van der Waals surface area contributed by atoms with E-state index >= 15 is 0 Å². The van der Waals surface area contributed by atoms with Crippen LogP contribution in [0.5, 0.6) is 5.75 Å². The van der Waals surface area contributed by atoms with Gasteiger partial charge in [-0.3, -0.25) is 4.79 Å². The Hall–Kier alpha value is -2.00. The molecule has 0 fully saturated rings. The molecule has 3 nitrogen and oxygen atoms in total. The van der Waals surface area contributed by atoms with Crippen LogP contribution >= 0.6 is 11.6 Å². The van der Waals surface area contributed by atoms with Gasteiger partial charge in [-0.2, -0.15) is 0 Å². The average molecular weight is 330 g/mol. The van der Waals surface area contributed by atoms with E-state index in [2.05, 4.69) is 17.4 Å². The molecule has 0 radical (unpaired) electrons. The van der Waals surface area contributed by atoms with E-state index in [0.717, 1.165) is 35.6 Å². The molecule has 0 atom stereocenters. The second-order valence-corrected chi connectivity index (χ2v) is 6.24. The van der Waals surface area contributed by atoms with Crippen LogP contribution < -0.4 is 10.1 Å². The normalized spacial score (nSPS) is 12.7. The molecule has 1 amide bonds. The van der Waals surface area contributed by atoms with Crippen molar-refractivity contribution in [2.45, 2.75) is 25.7 Å². The number of hydrogen-bond donors (Lipinski definition) is 1. The number of hydrogen-bond acceptors (Lipinski definition) is 2. The highest BCUT2D eigenvalue weighted by molar-refractivity contribution is 6.30. The van der Waals surface area contributed by atoms with E-state index in [0.29, 0.717) is 6.54 Å². The Balaban J connectivity index is 1.40. The standard InChI is InChI=1S/C19H20ClNO2/c20-17-7-4-14(5-8-17)10-11-21-19(22)13-23-18-9-6-15-2-1-3-16(15)12-18/h4-9,12H,1-3,10-11,13H2,(H,21,22). The second kappa shape index (κ2) is 7.51. The van der Waals surface area contributed by atoms with Gasteiger partial charge in [0.25, 0.3) is 5.91 Å². The summed E-state index contributed by atoms with van der Waals surface area (Å²) in [7, 11) is 0. The van der Waals surface area contributed by atoms with Gasteiger partial charge in [0.15, 0.2) is 6.61 Å². The molecule has 3 rings (SSSR count). The molecule has 0 bridgehead atoms. The van der Waals surface area contributed by atoms with E-state index in [1.165, 1.54) is 17.5 Å². The SMILES string of the molecule is O=C(COc1ccc2c(c1)CCC2)NCCc1ccc(Cl)cc1. The van der Waals surface area contributed by atoms with E-state index in [1.807, 2.05) is 30.3 Å². The summed E-state index contributed by atoms with van der Waals surface area (Å²) in [5.74, 6) is 0.679. The number of aryl methyl sites for hydroxylation is 2. The van der Waals surface area contributed by atoms with Crippen molar-refractivity contribution in [2.24, 2.45) is 0 Å². The number of fused-ring (bicyclic) bond motifs is 1. The smallest absolute Gasteiger partial charge is 0.257 e. The van der Waals surface area contributed by atoms with Crippen molar-refractivity contribution < 1.29 is 9.53 Å². The fraction of sp³-hybridized carbons (Fsp3) is 0.316. The van der Waals surface area contributed by atoms with Crippen LogP contribution in [0.2, 0.25) is 5.02 Å². The van der Waals surface area contributed by atoms with Gasteiger partial charge in [0.1, 0.15) is 5.75 Å². The summed E-state index contributed by atoms with van der Waals surface area (Å²) in [4.78, 5) is 11.8. The van der Waals surface area contributed by atoms with Gasteiger partial charge in [-0.05, 0) is 66.6 Å². The van der Waals surface area contributed by atoms with Crippen LogP contribution in [0.3, 0.4) is 0 Å². The van der Waals surface area contributed by atoms with E-state index < -0.39 is 0 Å². The molecular weight excluding hydrogens is 310 g/mol. The zero-order valence-corrected chi connectivity index (χ0v) is 13.7. The minimum atomic E-state index is -0.0977. The van der Waals surface area contributed by atoms with Crippen LogP contribution in [0.25, 0.3) is 0 Å². The molecule has 120 valence electrons. The maximum absolute atomic E-state index is 11.8. The second-order valence-electron chi connectivity index (χ2n) is 5.80. The average Bonchev–Trinajstić information content (AvgIpc) is 3.02. The third kappa shape index (κ3) is 4.49. The number of halogens is 1. The van der Waals surface area contributed by atoms with E-state index in [-0.39, 0.29) is 12.5 Å². The summed E-state index contributed by atoms with van der Waals surface area (Å²) in [6.45, 7) is 0.646. The van der Waals surface area contributed by atoms with Crippen LogP contribution in [0.1, 0.15) is 23.1 Å². The monoisotopic (exact) mass is 329 g/mol. The van der Waals surface area contributed by atoms with E-state index in [4.69, 9.17) is 16.3 Å². The number of rotatable bonds is 6. The Labute approximate surface area is 141 Å². The zero-order chi connectivity index (χ0) is 16.1. The van der Waals surface area contributed by atoms with Gasteiger partial charge < -0.3 is 10.1 Å². The maximum atomic E-state index is 11.8. The van der Waals surface area contributed by atoms with Crippen molar-refractivity contribution in [3.05, 3.63) is 64.2 Å². The molecule has 1 aliphatic rings. The Morgan fingerprint density at radius 2 is 1.87 bits per heavy atom. The Bertz CT molecular complexity index is 682. The molecule has 0 saturated heterocycles. The molecule has 0 spiro atoms. The number of carbonyl (C=O) groups is 1. The molecule has 23 heavy (non-hydrogen) atoms. The van der Waals surface area contributed by atoms with E-state index in [9.17, 15) is 4.79 Å². The summed E-state index contributed by atoms with van der Waals surface area (Å²) < 4.78 is 5.58. The first-order chi connectivity index (χ1) is 11.2. The fourth-order valence-corrected chi connectivity index (χ4v) is 2.96. The van der Waals surface area contributed by atoms with Gasteiger partial charge in [0.05, 0.1) is 0 Å². The van der Waals surface area contributed by atoms with Crippen molar-refractivity contribution in [1.82, 2.24) is 5.32 Å². The lowest BCUT2D eigenvalue weighted by molar-refractivity contribution is -0.123. The fourth-order valence-electron chi connectivity index (χ4n) is 2.84. The zero-order valence-electron chi connectivity index (χ0n) is 13.0. The molecule has 0 heterocycles.